The summed E-state index contributed by atoms with van der Waals surface area (Å²) >= 11 is 0. The number of hydrogen-bond donors (Lipinski definition) is 1. The minimum atomic E-state index is -6.00. The molecule has 0 saturated carbocycles. The summed E-state index contributed by atoms with van der Waals surface area (Å²) in [5.74, 6) is 0. The summed E-state index contributed by atoms with van der Waals surface area (Å²) in [5, 5.41) is 2.18. The average Bonchev–Trinajstić information content (AvgIpc) is 2.16. The van der Waals surface area contributed by atoms with E-state index in [9.17, 15) is 17.3 Å². The molecule has 2 N–H and O–H groups in total. The highest BCUT2D eigenvalue weighted by Crippen LogP contribution is 2.10. The van der Waals surface area contributed by atoms with Crippen LogP contribution < -0.4 is 5.32 Å². The third kappa shape index (κ3) is 5.22. The number of halogens is 4. The molecule has 15 heavy (non-hydrogen) atoms. The molecule has 2 rings (SSSR count). The predicted molar refractivity (Wildman–Crippen MR) is 51.3 cm³/mol. The van der Waals surface area contributed by atoms with Crippen molar-refractivity contribution in [3.05, 3.63) is 41.6 Å². The van der Waals surface area contributed by atoms with Crippen LogP contribution in [0.4, 0.5) is 17.3 Å². The summed E-state index contributed by atoms with van der Waals surface area (Å²) in [6.45, 7) is 1.09. The maximum atomic E-state index is 9.75. The lowest BCUT2D eigenvalue weighted by Gasteiger charge is -2.06. The average molecular weight is 219 g/mol. The summed E-state index contributed by atoms with van der Waals surface area (Å²) in [6.07, 6.45) is 4.27. The largest absolute Gasteiger partial charge is 0.673 e. The van der Waals surface area contributed by atoms with Crippen molar-refractivity contribution in [1.82, 2.24) is 0 Å². The second-order valence-electron chi connectivity index (χ2n) is 2.99. The molecule has 1 aliphatic heterocycles. The van der Waals surface area contributed by atoms with E-state index in [-0.39, 0.29) is 0 Å². The Labute approximate surface area is 84.9 Å². The van der Waals surface area contributed by atoms with Crippen molar-refractivity contribution < 1.29 is 22.6 Å². The van der Waals surface area contributed by atoms with Gasteiger partial charge in [-0.1, -0.05) is 24.3 Å². The van der Waals surface area contributed by atoms with E-state index in [0.29, 0.717) is 0 Å². The lowest BCUT2D eigenvalue weighted by atomic mass is 10.1. The molecule has 0 unspecified atom stereocenters. The van der Waals surface area contributed by atoms with Gasteiger partial charge < -0.3 is 22.6 Å². The van der Waals surface area contributed by atoms with Gasteiger partial charge in [-0.15, -0.1) is 0 Å². The SMILES string of the molecule is C1=Cc2ccccc2C[NH2+]1.F[B-](F)(F)F. The molecule has 0 aromatic heterocycles. The zero-order valence-corrected chi connectivity index (χ0v) is 7.84. The molecule has 1 aliphatic rings. The maximum absolute atomic E-state index is 9.75. The van der Waals surface area contributed by atoms with Gasteiger partial charge in [-0.25, -0.2) is 0 Å². The summed E-state index contributed by atoms with van der Waals surface area (Å²) in [6, 6.07) is 8.49. The molecule has 1 nitrogen and oxygen atoms in total. The summed E-state index contributed by atoms with van der Waals surface area (Å²) in [4.78, 5) is 0. The van der Waals surface area contributed by atoms with Crippen molar-refractivity contribution in [2.45, 2.75) is 6.54 Å². The lowest BCUT2D eigenvalue weighted by molar-refractivity contribution is -0.604. The quantitative estimate of drug-likeness (QED) is 0.507. The Balaban J connectivity index is 0.000000195. The van der Waals surface area contributed by atoms with Crippen LogP contribution in [-0.2, 0) is 6.54 Å². The van der Waals surface area contributed by atoms with Gasteiger partial charge in [0.05, 0.1) is 6.20 Å². The van der Waals surface area contributed by atoms with Gasteiger partial charge in [0, 0.05) is 5.56 Å². The van der Waals surface area contributed by atoms with E-state index in [2.05, 4.69) is 41.9 Å². The highest BCUT2D eigenvalue weighted by atomic mass is 19.5. The molecule has 1 aromatic carbocycles. The molecule has 0 saturated heterocycles. The maximum Gasteiger partial charge on any atom is 0.673 e. The second kappa shape index (κ2) is 4.98. The Morgan fingerprint density at radius 2 is 1.67 bits per heavy atom. The van der Waals surface area contributed by atoms with Crippen molar-refractivity contribution in [2.75, 3.05) is 0 Å². The van der Waals surface area contributed by atoms with Crippen LogP contribution in [0, 0.1) is 0 Å². The Morgan fingerprint density at radius 1 is 1.07 bits per heavy atom. The number of rotatable bonds is 0. The predicted octanol–water partition coefficient (Wildman–Crippen LogP) is 2.03. The molecule has 0 aliphatic carbocycles. The van der Waals surface area contributed by atoms with Crippen molar-refractivity contribution in [2.24, 2.45) is 0 Å². The third-order valence-corrected chi connectivity index (χ3v) is 1.80. The van der Waals surface area contributed by atoms with Crippen LogP contribution in [0.25, 0.3) is 6.08 Å². The molecule has 0 atom stereocenters. The molecular weight excluding hydrogens is 209 g/mol. The van der Waals surface area contributed by atoms with E-state index < -0.39 is 7.25 Å². The standard InChI is InChI=1S/C9H9N.BF4/c1-2-4-9-7-10-6-5-8(9)3-1;2-1(3,4)5/h1-6,10H,7H2;/q;-1/p+1. The fourth-order valence-corrected chi connectivity index (χ4v) is 1.25. The third-order valence-electron chi connectivity index (χ3n) is 1.80. The fourth-order valence-electron chi connectivity index (χ4n) is 1.25. The van der Waals surface area contributed by atoms with Crippen LogP contribution >= 0.6 is 0 Å². The summed E-state index contributed by atoms with van der Waals surface area (Å²) in [5.41, 5.74) is 2.80. The van der Waals surface area contributed by atoms with E-state index in [1.807, 2.05) is 0 Å². The Kier molecular flexibility index (Phi) is 3.91. The Hall–Kier alpha value is -1.30. The number of quaternary nitrogens is 1. The van der Waals surface area contributed by atoms with Gasteiger partial charge >= 0.3 is 7.25 Å². The Morgan fingerprint density at radius 3 is 2.27 bits per heavy atom. The number of fused-ring (bicyclic) bond motifs is 1. The Bertz CT molecular complexity index is 342. The van der Waals surface area contributed by atoms with Crippen molar-refractivity contribution in [3.8, 4) is 0 Å². The zero-order valence-electron chi connectivity index (χ0n) is 7.84. The number of hydrogen-bond acceptors (Lipinski definition) is 0. The van der Waals surface area contributed by atoms with Gasteiger partial charge in [0.2, 0.25) is 0 Å². The van der Waals surface area contributed by atoms with Crippen LogP contribution in [0.2, 0.25) is 0 Å². The molecule has 82 valence electrons. The van der Waals surface area contributed by atoms with Crippen molar-refractivity contribution in [1.29, 1.82) is 0 Å². The van der Waals surface area contributed by atoms with Gasteiger partial charge in [0.25, 0.3) is 0 Å². The van der Waals surface area contributed by atoms with Gasteiger partial charge in [0.15, 0.2) is 0 Å². The van der Waals surface area contributed by atoms with Gasteiger partial charge in [-0.05, 0) is 11.6 Å². The first kappa shape index (κ1) is 11.8. The second-order valence-corrected chi connectivity index (χ2v) is 2.99. The minimum absolute atomic E-state index is 1.09. The molecule has 0 radical (unpaired) electrons. The molecule has 0 fully saturated rings. The summed E-state index contributed by atoms with van der Waals surface area (Å²) in [7, 11) is -6.00. The molecule has 0 bridgehead atoms. The normalized spacial score (nSPS) is 13.9. The van der Waals surface area contributed by atoms with E-state index in [0.717, 1.165) is 6.54 Å². The highest BCUT2D eigenvalue weighted by molar-refractivity contribution is 6.50. The molecular formula is C9H10BF4N. The highest BCUT2D eigenvalue weighted by Gasteiger charge is 2.20. The van der Waals surface area contributed by atoms with Crippen LogP contribution in [-0.4, -0.2) is 7.25 Å². The van der Waals surface area contributed by atoms with Crippen molar-refractivity contribution >= 4 is 13.3 Å². The lowest BCUT2D eigenvalue weighted by Crippen LogP contribution is -2.76. The minimum Gasteiger partial charge on any atom is -0.418 e. The monoisotopic (exact) mass is 219 g/mol. The van der Waals surface area contributed by atoms with Crippen LogP contribution in [0.5, 0.6) is 0 Å². The number of nitrogens with two attached hydrogens (primary N) is 1. The van der Waals surface area contributed by atoms with E-state index >= 15 is 0 Å². The molecule has 0 spiro atoms. The molecule has 0 amide bonds. The topological polar surface area (TPSA) is 16.6 Å². The van der Waals surface area contributed by atoms with Crippen LogP contribution in [0.1, 0.15) is 11.1 Å². The van der Waals surface area contributed by atoms with Crippen LogP contribution in [0.3, 0.4) is 0 Å². The van der Waals surface area contributed by atoms with Crippen molar-refractivity contribution in [3.63, 3.8) is 0 Å². The smallest absolute Gasteiger partial charge is 0.418 e. The van der Waals surface area contributed by atoms with E-state index in [4.69, 9.17) is 0 Å². The van der Waals surface area contributed by atoms with E-state index in [1.165, 1.54) is 11.1 Å². The fraction of sp³-hybridized carbons (Fsp3) is 0.111. The molecule has 1 heterocycles. The number of benzene rings is 1. The molecule has 1 aromatic rings. The van der Waals surface area contributed by atoms with E-state index in [1.54, 1.807) is 0 Å². The first-order valence-corrected chi connectivity index (χ1v) is 4.42. The first-order chi connectivity index (χ1) is 6.97. The van der Waals surface area contributed by atoms with Gasteiger partial charge in [-0.3, -0.25) is 0 Å². The van der Waals surface area contributed by atoms with Crippen LogP contribution in [0.15, 0.2) is 30.5 Å². The van der Waals surface area contributed by atoms with Gasteiger partial charge in [-0.2, -0.15) is 0 Å². The molecule has 6 heteroatoms. The first-order valence-electron chi connectivity index (χ1n) is 4.42. The zero-order chi connectivity index (χ0) is 11.3. The summed E-state index contributed by atoms with van der Waals surface area (Å²) < 4.78 is 39.0. The van der Waals surface area contributed by atoms with Gasteiger partial charge in [0.1, 0.15) is 6.54 Å².